The first-order chi connectivity index (χ1) is 9.90. The van der Waals surface area contributed by atoms with Crippen molar-refractivity contribution in [2.24, 2.45) is 0 Å². The van der Waals surface area contributed by atoms with Crippen molar-refractivity contribution in [2.75, 3.05) is 6.54 Å². The second-order valence-corrected chi connectivity index (χ2v) is 5.93. The van der Waals surface area contributed by atoms with E-state index in [1.54, 1.807) is 17.6 Å². The summed E-state index contributed by atoms with van der Waals surface area (Å²) in [5, 5.41) is 2.11. The summed E-state index contributed by atoms with van der Waals surface area (Å²) in [6.45, 7) is 3.76. The number of furan rings is 1. The Morgan fingerprint density at radius 1 is 1.25 bits per heavy atom. The first-order valence-electron chi connectivity index (χ1n) is 6.73. The summed E-state index contributed by atoms with van der Waals surface area (Å²) < 4.78 is 7.76. The maximum absolute atomic E-state index is 5.42. The van der Waals surface area contributed by atoms with Gasteiger partial charge in [0, 0.05) is 13.1 Å². The zero-order valence-electron chi connectivity index (χ0n) is 11.0. The largest absolute Gasteiger partial charge is 0.468 e. The second-order valence-electron chi connectivity index (χ2n) is 4.98. The fourth-order valence-corrected chi connectivity index (χ4v) is 3.43. The molecule has 20 heavy (non-hydrogen) atoms. The van der Waals surface area contributed by atoms with E-state index in [0.29, 0.717) is 0 Å². The van der Waals surface area contributed by atoms with Crippen molar-refractivity contribution in [1.29, 1.82) is 0 Å². The van der Waals surface area contributed by atoms with Gasteiger partial charge in [-0.15, -0.1) is 11.3 Å². The third-order valence-corrected chi connectivity index (χ3v) is 4.57. The molecule has 3 aromatic heterocycles. The molecule has 4 nitrogen and oxygen atoms in total. The molecular formula is C15H15N3OS. The van der Waals surface area contributed by atoms with E-state index in [1.165, 1.54) is 10.6 Å². The number of rotatable bonds is 3. The van der Waals surface area contributed by atoms with Crippen LogP contribution < -0.4 is 0 Å². The maximum Gasteiger partial charge on any atom is 0.123 e. The van der Waals surface area contributed by atoms with Crippen LogP contribution >= 0.6 is 11.3 Å². The lowest BCUT2D eigenvalue weighted by Gasteiger charge is -2.27. The van der Waals surface area contributed by atoms with Crippen LogP contribution in [0.3, 0.4) is 0 Å². The summed E-state index contributed by atoms with van der Waals surface area (Å²) in [7, 11) is 0. The minimum atomic E-state index is 0.855. The Morgan fingerprint density at radius 2 is 2.25 bits per heavy atom. The summed E-state index contributed by atoms with van der Waals surface area (Å²) >= 11 is 1.77. The van der Waals surface area contributed by atoms with Gasteiger partial charge in [0.2, 0.25) is 0 Å². The summed E-state index contributed by atoms with van der Waals surface area (Å²) in [5.41, 5.74) is 1.24. The molecule has 0 aliphatic carbocycles. The van der Waals surface area contributed by atoms with E-state index < -0.39 is 0 Å². The molecule has 102 valence electrons. The van der Waals surface area contributed by atoms with Crippen LogP contribution in [0, 0.1) is 0 Å². The fraction of sp³-hybridized carbons (Fsp3) is 0.267. The lowest BCUT2D eigenvalue weighted by molar-refractivity contribution is 0.194. The number of thiophene rings is 1. The van der Waals surface area contributed by atoms with E-state index in [2.05, 4.69) is 32.0 Å². The van der Waals surface area contributed by atoms with Crippen molar-refractivity contribution < 1.29 is 4.42 Å². The number of nitrogens with zero attached hydrogens (tertiary/aromatic N) is 3. The van der Waals surface area contributed by atoms with Crippen molar-refractivity contribution in [3.05, 3.63) is 53.7 Å². The monoisotopic (exact) mass is 285 g/mol. The van der Waals surface area contributed by atoms with E-state index in [-0.39, 0.29) is 0 Å². The first kappa shape index (κ1) is 11.9. The standard InChI is InChI=1S/C15H15N3OS/c1-3-12(19-7-1)10-17-5-6-18-13(9-16-15(18)11-17)14-4-2-8-20-14/h1-4,7-9H,5-6,10-11H2. The van der Waals surface area contributed by atoms with Gasteiger partial charge in [-0.3, -0.25) is 4.90 Å². The molecule has 1 aliphatic heterocycles. The minimum absolute atomic E-state index is 0.855. The average molecular weight is 285 g/mol. The molecule has 0 fully saturated rings. The molecular weight excluding hydrogens is 270 g/mol. The van der Waals surface area contributed by atoms with Crippen LogP contribution in [0.25, 0.3) is 10.6 Å². The summed E-state index contributed by atoms with van der Waals surface area (Å²) in [6.07, 6.45) is 3.73. The molecule has 0 bridgehead atoms. The van der Waals surface area contributed by atoms with E-state index >= 15 is 0 Å². The van der Waals surface area contributed by atoms with Gasteiger partial charge in [-0.1, -0.05) is 6.07 Å². The van der Waals surface area contributed by atoms with Crippen molar-refractivity contribution in [3.63, 3.8) is 0 Å². The summed E-state index contributed by atoms with van der Waals surface area (Å²) in [5.74, 6) is 2.16. The Bertz CT molecular complexity index is 685. The molecule has 0 spiro atoms. The number of hydrogen-bond acceptors (Lipinski definition) is 4. The number of imidazole rings is 1. The zero-order valence-corrected chi connectivity index (χ0v) is 11.8. The van der Waals surface area contributed by atoms with Crippen molar-refractivity contribution >= 4 is 11.3 Å². The molecule has 0 saturated carbocycles. The highest BCUT2D eigenvalue weighted by Gasteiger charge is 2.21. The lowest BCUT2D eigenvalue weighted by atomic mass is 10.3. The topological polar surface area (TPSA) is 34.2 Å². The van der Waals surface area contributed by atoms with E-state index in [4.69, 9.17) is 4.42 Å². The highest BCUT2D eigenvalue weighted by atomic mass is 32.1. The van der Waals surface area contributed by atoms with Crippen LogP contribution in [0.2, 0.25) is 0 Å². The third-order valence-electron chi connectivity index (χ3n) is 3.68. The van der Waals surface area contributed by atoms with Crippen LogP contribution in [0.15, 0.2) is 46.5 Å². The van der Waals surface area contributed by atoms with Crippen LogP contribution in [0.4, 0.5) is 0 Å². The van der Waals surface area contributed by atoms with Crippen LogP contribution in [0.1, 0.15) is 11.6 Å². The molecule has 0 unspecified atom stereocenters. The molecule has 5 heteroatoms. The molecule has 4 rings (SSSR count). The van der Waals surface area contributed by atoms with Crippen LogP contribution in [0.5, 0.6) is 0 Å². The Kier molecular flexibility index (Phi) is 2.94. The van der Waals surface area contributed by atoms with E-state index in [0.717, 1.165) is 37.8 Å². The molecule has 0 atom stereocenters. The van der Waals surface area contributed by atoms with Gasteiger partial charge < -0.3 is 8.98 Å². The Hall–Kier alpha value is -1.85. The molecule has 0 amide bonds. The molecule has 1 aliphatic rings. The van der Waals surface area contributed by atoms with Crippen molar-refractivity contribution in [1.82, 2.24) is 14.5 Å². The number of hydrogen-bond donors (Lipinski definition) is 0. The number of aromatic nitrogens is 2. The molecule has 0 radical (unpaired) electrons. The first-order valence-corrected chi connectivity index (χ1v) is 7.61. The van der Waals surface area contributed by atoms with Gasteiger partial charge >= 0.3 is 0 Å². The van der Waals surface area contributed by atoms with Crippen molar-refractivity contribution in [3.8, 4) is 10.6 Å². The quantitative estimate of drug-likeness (QED) is 0.741. The normalized spacial score (nSPS) is 15.4. The molecule has 0 aromatic carbocycles. The molecule has 0 saturated heterocycles. The third kappa shape index (κ3) is 2.09. The van der Waals surface area contributed by atoms with Gasteiger partial charge in [0.15, 0.2) is 0 Å². The van der Waals surface area contributed by atoms with Crippen LogP contribution in [-0.4, -0.2) is 21.0 Å². The molecule has 4 heterocycles. The highest BCUT2D eigenvalue weighted by molar-refractivity contribution is 7.13. The van der Waals surface area contributed by atoms with Gasteiger partial charge in [-0.2, -0.15) is 0 Å². The van der Waals surface area contributed by atoms with Gasteiger partial charge in [0.25, 0.3) is 0 Å². The summed E-state index contributed by atoms with van der Waals surface area (Å²) in [6, 6.07) is 8.21. The van der Waals surface area contributed by atoms with Crippen molar-refractivity contribution in [2.45, 2.75) is 19.6 Å². The van der Waals surface area contributed by atoms with E-state index in [1.807, 2.05) is 18.3 Å². The molecule has 3 aromatic rings. The smallest absolute Gasteiger partial charge is 0.123 e. The Morgan fingerprint density at radius 3 is 3.05 bits per heavy atom. The SMILES string of the molecule is c1coc(CN2CCn3c(-c4cccs4)cnc3C2)c1. The van der Waals surface area contributed by atoms with Gasteiger partial charge in [-0.25, -0.2) is 4.98 Å². The van der Waals surface area contributed by atoms with Crippen LogP contribution in [-0.2, 0) is 19.6 Å². The highest BCUT2D eigenvalue weighted by Crippen LogP contribution is 2.27. The Labute approximate surface area is 121 Å². The maximum atomic E-state index is 5.42. The predicted molar refractivity (Wildman–Crippen MR) is 78.4 cm³/mol. The van der Waals surface area contributed by atoms with Gasteiger partial charge in [-0.05, 0) is 23.6 Å². The lowest BCUT2D eigenvalue weighted by Crippen LogP contribution is -2.33. The zero-order chi connectivity index (χ0) is 13.4. The minimum Gasteiger partial charge on any atom is -0.468 e. The van der Waals surface area contributed by atoms with Gasteiger partial charge in [0.05, 0.1) is 36.1 Å². The summed E-state index contributed by atoms with van der Waals surface area (Å²) in [4.78, 5) is 8.26. The fourth-order valence-electron chi connectivity index (χ4n) is 2.69. The Balaban J connectivity index is 1.56. The average Bonchev–Trinajstić information content (AvgIpc) is 3.19. The second kappa shape index (κ2) is 4.92. The predicted octanol–water partition coefficient (Wildman–Crippen LogP) is 3.22. The number of fused-ring (bicyclic) bond motifs is 1. The van der Waals surface area contributed by atoms with Gasteiger partial charge in [0.1, 0.15) is 11.6 Å². The molecule has 0 N–H and O–H groups in total. The van der Waals surface area contributed by atoms with E-state index in [9.17, 15) is 0 Å².